The number of esters is 1. The molecule has 3 aromatic rings. The van der Waals surface area contributed by atoms with Crippen LogP contribution in [0.25, 0.3) is 5.57 Å². The van der Waals surface area contributed by atoms with E-state index in [1.807, 2.05) is 29.8 Å². The van der Waals surface area contributed by atoms with Gasteiger partial charge in [0.15, 0.2) is 0 Å². The second-order valence-corrected chi connectivity index (χ2v) is 8.14. The summed E-state index contributed by atoms with van der Waals surface area (Å²) in [4.78, 5) is 29.7. The number of hydrogen-bond donors (Lipinski definition) is 2. The number of nitrogens with zero attached hydrogens (tertiary/aromatic N) is 1. The molecule has 2 aliphatic rings. The van der Waals surface area contributed by atoms with Crippen LogP contribution in [0.1, 0.15) is 27.3 Å². The molecule has 2 heterocycles. The third-order valence-corrected chi connectivity index (χ3v) is 6.17. The van der Waals surface area contributed by atoms with Crippen LogP contribution < -0.4 is 15.4 Å². The Morgan fingerprint density at radius 3 is 2.81 bits per heavy atom. The summed E-state index contributed by atoms with van der Waals surface area (Å²) >= 11 is 1.56. The first-order valence-corrected chi connectivity index (χ1v) is 10.9. The lowest BCUT2D eigenvalue weighted by Gasteiger charge is -2.13. The van der Waals surface area contributed by atoms with E-state index in [4.69, 9.17) is 9.47 Å². The highest BCUT2D eigenvalue weighted by Gasteiger charge is 2.33. The average molecular weight is 446 g/mol. The highest BCUT2D eigenvalue weighted by atomic mass is 32.1. The number of ether oxygens (including phenoxy) is 2. The Bertz CT molecular complexity index is 1270. The molecule has 1 amide bonds. The zero-order valence-electron chi connectivity index (χ0n) is 17.2. The molecule has 5 rings (SSSR count). The van der Waals surface area contributed by atoms with Crippen LogP contribution in [0.2, 0.25) is 0 Å². The van der Waals surface area contributed by atoms with Crippen molar-refractivity contribution in [2.75, 3.05) is 12.4 Å². The number of allylic oxidation sites excluding steroid dienone is 1. The van der Waals surface area contributed by atoms with Crippen LogP contribution in [-0.2, 0) is 16.0 Å². The van der Waals surface area contributed by atoms with E-state index in [1.165, 1.54) is 7.11 Å². The Labute approximate surface area is 188 Å². The van der Waals surface area contributed by atoms with E-state index in [2.05, 4.69) is 15.6 Å². The Morgan fingerprint density at radius 1 is 1.16 bits per heavy atom. The van der Waals surface area contributed by atoms with Crippen LogP contribution in [0.3, 0.4) is 0 Å². The second kappa shape index (κ2) is 8.32. The van der Waals surface area contributed by atoms with E-state index >= 15 is 0 Å². The molecular weight excluding hydrogens is 426 g/mol. The minimum Gasteiger partial charge on any atom is -0.465 e. The lowest BCUT2D eigenvalue weighted by molar-refractivity contribution is -0.116. The van der Waals surface area contributed by atoms with E-state index in [-0.39, 0.29) is 5.91 Å². The summed E-state index contributed by atoms with van der Waals surface area (Å²) in [6.45, 7) is 0. The van der Waals surface area contributed by atoms with Crippen molar-refractivity contribution in [3.05, 3.63) is 87.6 Å². The Morgan fingerprint density at radius 2 is 2.00 bits per heavy atom. The molecule has 7 nitrogen and oxygen atoms in total. The molecule has 0 radical (unpaired) electrons. The van der Waals surface area contributed by atoms with Crippen LogP contribution >= 0.6 is 11.3 Å². The molecule has 2 N–H and O–H groups in total. The average Bonchev–Trinajstić information content (AvgIpc) is 3.41. The summed E-state index contributed by atoms with van der Waals surface area (Å²) in [5.41, 5.74) is 6.66. The van der Waals surface area contributed by atoms with Gasteiger partial charge in [0.2, 0.25) is 0 Å². The third kappa shape index (κ3) is 3.76. The van der Waals surface area contributed by atoms with Gasteiger partial charge in [0.1, 0.15) is 11.5 Å². The Kier molecular flexibility index (Phi) is 5.20. The summed E-state index contributed by atoms with van der Waals surface area (Å²) < 4.78 is 10.6. The van der Waals surface area contributed by atoms with Crippen LogP contribution in [0.15, 0.2) is 71.5 Å². The SMILES string of the molecule is COC(=O)c1cccc(Oc2ccc(NC=C3C(=O)NC4=C3c3scnc3CC4)cc2)c1. The van der Waals surface area contributed by atoms with Gasteiger partial charge in [-0.05, 0) is 55.3 Å². The van der Waals surface area contributed by atoms with E-state index in [9.17, 15) is 9.59 Å². The number of methoxy groups -OCH3 is 1. The fourth-order valence-corrected chi connectivity index (χ4v) is 4.66. The van der Waals surface area contributed by atoms with Crippen molar-refractivity contribution in [1.29, 1.82) is 0 Å². The van der Waals surface area contributed by atoms with Gasteiger partial charge >= 0.3 is 5.97 Å². The second-order valence-electron chi connectivity index (χ2n) is 7.28. The largest absolute Gasteiger partial charge is 0.465 e. The third-order valence-electron chi connectivity index (χ3n) is 5.29. The van der Waals surface area contributed by atoms with E-state index in [0.29, 0.717) is 22.6 Å². The van der Waals surface area contributed by atoms with Crippen molar-refractivity contribution in [1.82, 2.24) is 10.3 Å². The van der Waals surface area contributed by atoms with Crippen molar-refractivity contribution in [3.8, 4) is 11.5 Å². The molecule has 0 spiro atoms. The zero-order chi connectivity index (χ0) is 22.1. The molecule has 160 valence electrons. The fraction of sp³-hybridized carbons (Fsp3) is 0.125. The van der Waals surface area contributed by atoms with E-state index in [0.717, 1.165) is 40.4 Å². The fourth-order valence-electron chi connectivity index (χ4n) is 3.74. The van der Waals surface area contributed by atoms with Gasteiger partial charge in [-0.1, -0.05) is 6.07 Å². The number of carbonyl (C=O) groups is 2. The lowest BCUT2D eigenvalue weighted by atomic mass is 9.96. The smallest absolute Gasteiger partial charge is 0.337 e. The van der Waals surface area contributed by atoms with E-state index < -0.39 is 5.97 Å². The predicted molar refractivity (Wildman–Crippen MR) is 122 cm³/mol. The predicted octanol–water partition coefficient (Wildman–Crippen LogP) is 4.51. The van der Waals surface area contributed by atoms with Crippen LogP contribution in [0.5, 0.6) is 11.5 Å². The van der Waals surface area contributed by atoms with Crippen LogP contribution in [0.4, 0.5) is 5.69 Å². The molecule has 1 aromatic heterocycles. The quantitative estimate of drug-likeness (QED) is 0.444. The molecule has 32 heavy (non-hydrogen) atoms. The minimum absolute atomic E-state index is 0.103. The number of fused-ring (bicyclic) bond motifs is 2. The maximum Gasteiger partial charge on any atom is 0.337 e. The van der Waals surface area contributed by atoms with Gasteiger partial charge < -0.3 is 20.1 Å². The molecule has 8 heteroatoms. The number of hydrogen-bond acceptors (Lipinski definition) is 7. The monoisotopic (exact) mass is 445 g/mol. The van der Waals surface area contributed by atoms with Crippen LogP contribution in [-0.4, -0.2) is 24.0 Å². The first-order chi connectivity index (χ1) is 15.6. The molecule has 1 aliphatic carbocycles. The Hall–Kier alpha value is -3.91. The topological polar surface area (TPSA) is 89.5 Å². The molecule has 0 saturated carbocycles. The highest BCUT2D eigenvalue weighted by molar-refractivity contribution is 7.11. The van der Waals surface area contributed by atoms with E-state index in [1.54, 1.807) is 41.8 Å². The Balaban J connectivity index is 1.30. The maximum atomic E-state index is 12.5. The van der Waals surface area contributed by atoms with Crippen molar-refractivity contribution in [2.45, 2.75) is 12.8 Å². The summed E-state index contributed by atoms with van der Waals surface area (Å²) in [6, 6.07) is 14.1. The summed E-state index contributed by atoms with van der Waals surface area (Å²) in [5, 5.41) is 6.19. The van der Waals surface area contributed by atoms with Crippen molar-refractivity contribution >= 4 is 34.5 Å². The van der Waals surface area contributed by atoms with Gasteiger partial charge in [-0.3, -0.25) is 4.79 Å². The number of thiazole rings is 1. The number of anilines is 1. The number of aromatic nitrogens is 1. The van der Waals surface area contributed by atoms with Gasteiger partial charge in [-0.2, -0.15) is 0 Å². The number of benzene rings is 2. The first-order valence-electron chi connectivity index (χ1n) is 10.0. The standard InChI is InChI=1S/C24H19N3O4S/c1-30-24(29)14-3-2-4-17(11-14)31-16-7-5-15(6-8-16)25-12-18-21-19(27-23(18)28)9-10-20-22(21)32-13-26-20/h2-8,11-13,25H,9-10H2,1H3,(H,27,28). The first kappa shape index (κ1) is 20.0. The molecule has 0 fully saturated rings. The van der Waals surface area contributed by atoms with Crippen molar-refractivity contribution in [3.63, 3.8) is 0 Å². The number of rotatable bonds is 5. The van der Waals surface area contributed by atoms with Crippen molar-refractivity contribution < 1.29 is 19.1 Å². The number of nitrogens with one attached hydrogen (secondary N) is 2. The van der Waals surface area contributed by atoms with Gasteiger partial charge in [-0.25, -0.2) is 9.78 Å². The molecule has 0 bridgehead atoms. The molecule has 0 atom stereocenters. The normalized spacial score (nSPS) is 15.8. The summed E-state index contributed by atoms with van der Waals surface area (Å²) in [5.74, 6) is 0.640. The minimum atomic E-state index is -0.416. The maximum absolute atomic E-state index is 12.5. The van der Waals surface area contributed by atoms with Crippen LogP contribution in [0, 0.1) is 0 Å². The van der Waals surface area contributed by atoms with Gasteiger partial charge in [0.25, 0.3) is 5.91 Å². The molecule has 1 aliphatic heterocycles. The van der Waals surface area contributed by atoms with Gasteiger partial charge in [0, 0.05) is 23.2 Å². The molecule has 2 aromatic carbocycles. The molecular formula is C24H19N3O4S. The lowest BCUT2D eigenvalue weighted by Crippen LogP contribution is -2.17. The number of amides is 1. The highest BCUT2D eigenvalue weighted by Crippen LogP contribution is 2.40. The number of aryl methyl sites for hydroxylation is 1. The molecule has 0 unspecified atom stereocenters. The summed E-state index contributed by atoms with van der Waals surface area (Å²) in [7, 11) is 1.34. The van der Waals surface area contributed by atoms with Crippen molar-refractivity contribution in [2.24, 2.45) is 0 Å². The van der Waals surface area contributed by atoms with Gasteiger partial charge in [0.05, 0.1) is 34.3 Å². The number of carbonyl (C=O) groups excluding carboxylic acids is 2. The summed E-state index contributed by atoms with van der Waals surface area (Å²) in [6.07, 6.45) is 3.38. The molecule has 0 saturated heterocycles. The van der Waals surface area contributed by atoms with Gasteiger partial charge in [-0.15, -0.1) is 11.3 Å². The zero-order valence-corrected chi connectivity index (χ0v) is 18.0.